The molecular weight excluding hydrogens is 385 g/mol. The minimum absolute atomic E-state index is 0.104. The maximum atomic E-state index is 13.4. The van der Waals surface area contributed by atoms with Crippen LogP contribution in [0.1, 0.15) is 21.5 Å². The second kappa shape index (κ2) is 7.26. The Hall–Kier alpha value is -4.31. The Kier molecular flexibility index (Phi) is 4.60. The summed E-state index contributed by atoms with van der Waals surface area (Å²) >= 11 is 0. The first-order valence-corrected chi connectivity index (χ1v) is 8.94. The number of halogens is 1. The first-order valence-electron chi connectivity index (χ1n) is 8.94. The predicted octanol–water partition coefficient (Wildman–Crippen LogP) is 3.55. The third kappa shape index (κ3) is 3.01. The summed E-state index contributed by atoms with van der Waals surface area (Å²) in [6, 6.07) is 14.9. The average Bonchev–Trinajstić information content (AvgIpc) is 2.76. The Morgan fingerprint density at radius 2 is 1.87 bits per heavy atom. The van der Waals surface area contributed by atoms with Crippen LogP contribution >= 0.6 is 0 Å². The number of nitrogens with zero attached hydrogens (tertiary/aromatic N) is 3. The lowest BCUT2D eigenvalue weighted by Gasteiger charge is -2.13. The number of aromatic hydroxyl groups is 1. The standard InChI is InChI=1S/C23H14FN3O3/c1-27-22-17(10-14(12-26-22)21(29)16-4-2-3-5-19(16)28)20(18(11-25)23(27)30)13-6-8-15(24)9-7-13/h2-10,12,28H,1H3. The van der Waals surface area contributed by atoms with Crippen molar-refractivity contribution in [2.24, 2.45) is 7.05 Å². The summed E-state index contributed by atoms with van der Waals surface area (Å²) in [4.78, 5) is 29.9. The first kappa shape index (κ1) is 19.0. The lowest BCUT2D eigenvalue weighted by Crippen LogP contribution is -2.22. The van der Waals surface area contributed by atoms with Crippen molar-refractivity contribution in [3.8, 4) is 22.9 Å². The number of phenolic OH excluding ortho intramolecular Hbond substituents is 1. The van der Waals surface area contributed by atoms with Crippen molar-refractivity contribution in [1.82, 2.24) is 9.55 Å². The van der Waals surface area contributed by atoms with E-state index in [0.29, 0.717) is 10.9 Å². The highest BCUT2D eigenvalue weighted by molar-refractivity contribution is 6.12. The molecule has 0 amide bonds. The van der Waals surface area contributed by atoms with Gasteiger partial charge in [0.2, 0.25) is 0 Å². The lowest BCUT2D eigenvalue weighted by atomic mass is 9.95. The van der Waals surface area contributed by atoms with Gasteiger partial charge in [0.15, 0.2) is 5.78 Å². The number of hydrogen-bond donors (Lipinski definition) is 1. The number of aryl methyl sites for hydroxylation is 1. The van der Waals surface area contributed by atoms with Crippen LogP contribution in [-0.2, 0) is 7.05 Å². The fourth-order valence-corrected chi connectivity index (χ4v) is 3.38. The van der Waals surface area contributed by atoms with Crippen LogP contribution in [0.2, 0.25) is 0 Å². The maximum Gasteiger partial charge on any atom is 0.270 e. The summed E-state index contributed by atoms with van der Waals surface area (Å²) < 4.78 is 14.7. The van der Waals surface area contributed by atoms with Crippen LogP contribution in [0.5, 0.6) is 5.75 Å². The largest absolute Gasteiger partial charge is 0.507 e. The molecule has 0 spiro atoms. The Bertz CT molecular complexity index is 1420. The van der Waals surface area contributed by atoms with Crippen LogP contribution in [0.4, 0.5) is 4.39 Å². The van der Waals surface area contributed by atoms with Crippen LogP contribution in [0.25, 0.3) is 22.2 Å². The number of phenols is 1. The molecule has 0 fully saturated rings. The molecule has 4 aromatic rings. The molecule has 1 N–H and O–H groups in total. The van der Waals surface area contributed by atoms with Crippen molar-refractivity contribution >= 4 is 16.8 Å². The molecule has 0 atom stereocenters. The van der Waals surface area contributed by atoms with Gasteiger partial charge in [0.1, 0.15) is 28.8 Å². The van der Waals surface area contributed by atoms with Gasteiger partial charge in [-0.15, -0.1) is 0 Å². The minimum atomic E-state index is -0.545. The molecule has 0 unspecified atom stereocenters. The number of pyridine rings is 2. The number of ketones is 1. The van der Waals surface area contributed by atoms with Crippen molar-refractivity contribution in [2.75, 3.05) is 0 Å². The van der Waals surface area contributed by atoms with Gasteiger partial charge < -0.3 is 5.11 Å². The minimum Gasteiger partial charge on any atom is -0.507 e. The number of nitriles is 1. The molecule has 2 heterocycles. The topological polar surface area (TPSA) is 96.0 Å². The maximum absolute atomic E-state index is 13.4. The Morgan fingerprint density at radius 1 is 1.17 bits per heavy atom. The van der Waals surface area contributed by atoms with Gasteiger partial charge in [-0.1, -0.05) is 24.3 Å². The summed E-state index contributed by atoms with van der Waals surface area (Å²) in [5, 5.41) is 20.0. The van der Waals surface area contributed by atoms with Crippen LogP contribution in [0.15, 0.2) is 65.6 Å². The van der Waals surface area contributed by atoms with E-state index in [2.05, 4.69) is 4.98 Å². The van der Waals surface area contributed by atoms with E-state index in [4.69, 9.17) is 0 Å². The van der Waals surface area contributed by atoms with E-state index >= 15 is 0 Å². The van der Waals surface area contributed by atoms with Gasteiger partial charge in [0, 0.05) is 29.8 Å². The van der Waals surface area contributed by atoms with Gasteiger partial charge in [-0.3, -0.25) is 14.2 Å². The normalized spacial score (nSPS) is 10.7. The number of aromatic nitrogens is 2. The highest BCUT2D eigenvalue weighted by Crippen LogP contribution is 2.31. The van der Waals surface area contributed by atoms with Gasteiger partial charge in [-0.05, 0) is 35.9 Å². The fraction of sp³-hybridized carbons (Fsp3) is 0.0435. The Balaban J connectivity index is 2.05. The van der Waals surface area contributed by atoms with Crippen LogP contribution in [0, 0.1) is 17.1 Å². The van der Waals surface area contributed by atoms with Crippen molar-refractivity contribution in [2.45, 2.75) is 0 Å². The lowest BCUT2D eigenvalue weighted by molar-refractivity contribution is 0.103. The zero-order chi connectivity index (χ0) is 21.4. The molecule has 4 rings (SSSR count). The van der Waals surface area contributed by atoms with Crippen molar-refractivity contribution < 1.29 is 14.3 Å². The number of fused-ring (bicyclic) bond motifs is 1. The second-order valence-electron chi connectivity index (χ2n) is 6.67. The smallest absolute Gasteiger partial charge is 0.270 e. The summed E-state index contributed by atoms with van der Waals surface area (Å²) in [7, 11) is 1.48. The number of hydrogen-bond acceptors (Lipinski definition) is 5. The molecular formula is C23H14FN3O3. The average molecular weight is 399 g/mol. The SMILES string of the molecule is Cn1c(=O)c(C#N)c(-c2ccc(F)cc2)c2cc(C(=O)c3ccccc3O)cnc21. The fourth-order valence-electron chi connectivity index (χ4n) is 3.38. The molecule has 30 heavy (non-hydrogen) atoms. The highest BCUT2D eigenvalue weighted by Gasteiger charge is 2.20. The molecule has 2 aromatic heterocycles. The second-order valence-corrected chi connectivity index (χ2v) is 6.67. The van der Waals surface area contributed by atoms with Crippen LogP contribution in [0.3, 0.4) is 0 Å². The van der Waals surface area contributed by atoms with Gasteiger partial charge in [-0.2, -0.15) is 5.26 Å². The van der Waals surface area contributed by atoms with E-state index in [1.165, 1.54) is 60.3 Å². The van der Waals surface area contributed by atoms with Gasteiger partial charge in [0.25, 0.3) is 5.56 Å². The summed E-state index contributed by atoms with van der Waals surface area (Å²) in [6.45, 7) is 0. The van der Waals surface area contributed by atoms with Gasteiger partial charge in [0.05, 0.1) is 5.56 Å². The van der Waals surface area contributed by atoms with Crippen LogP contribution in [-0.4, -0.2) is 20.4 Å². The quantitative estimate of drug-likeness (QED) is 0.532. The number of para-hydroxylation sites is 1. The summed E-state index contributed by atoms with van der Waals surface area (Å²) in [6.07, 6.45) is 1.32. The number of carbonyl (C=O) groups excluding carboxylic acids is 1. The zero-order valence-electron chi connectivity index (χ0n) is 15.8. The van der Waals surface area contributed by atoms with Crippen molar-refractivity contribution in [3.63, 3.8) is 0 Å². The summed E-state index contributed by atoms with van der Waals surface area (Å²) in [5.74, 6) is -1.08. The highest BCUT2D eigenvalue weighted by atomic mass is 19.1. The van der Waals surface area contributed by atoms with Crippen molar-refractivity contribution in [3.05, 3.63) is 93.7 Å². The number of carbonyl (C=O) groups is 1. The molecule has 0 radical (unpaired) electrons. The molecule has 146 valence electrons. The molecule has 7 heteroatoms. The molecule has 0 saturated carbocycles. The summed E-state index contributed by atoms with van der Waals surface area (Å²) in [5.41, 5.74) is 0.594. The molecule has 0 bridgehead atoms. The first-order chi connectivity index (χ1) is 14.4. The zero-order valence-corrected chi connectivity index (χ0v) is 15.8. The number of benzene rings is 2. The molecule has 0 aliphatic heterocycles. The van der Waals surface area contributed by atoms with E-state index in [1.54, 1.807) is 12.1 Å². The molecule has 2 aromatic carbocycles. The monoisotopic (exact) mass is 399 g/mol. The Morgan fingerprint density at radius 3 is 2.53 bits per heavy atom. The predicted molar refractivity (Wildman–Crippen MR) is 109 cm³/mol. The Labute approximate surface area is 170 Å². The molecule has 0 aliphatic carbocycles. The van der Waals surface area contributed by atoms with E-state index in [-0.39, 0.29) is 33.7 Å². The van der Waals surface area contributed by atoms with Crippen molar-refractivity contribution in [1.29, 1.82) is 5.26 Å². The van der Waals surface area contributed by atoms with Gasteiger partial charge >= 0.3 is 0 Å². The third-order valence-corrected chi connectivity index (χ3v) is 4.88. The van der Waals surface area contributed by atoms with Crippen LogP contribution < -0.4 is 5.56 Å². The van der Waals surface area contributed by atoms with Gasteiger partial charge in [-0.25, -0.2) is 9.37 Å². The van der Waals surface area contributed by atoms with E-state index in [1.807, 2.05) is 6.07 Å². The van der Waals surface area contributed by atoms with E-state index < -0.39 is 17.2 Å². The molecule has 0 aliphatic rings. The molecule has 0 saturated heterocycles. The van der Waals surface area contributed by atoms with E-state index in [0.717, 1.165) is 0 Å². The molecule has 6 nitrogen and oxygen atoms in total. The third-order valence-electron chi connectivity index (χ3n) is 4.88. The van der Waals surface area contributed by atoms with E-state index in [9.17, 15) is 24.3 Å². The number of rotatable bonds is 3.